The zero-order valence-corrected chi connectivity index (χ0v) is 15.8. The molecule has 1 aromatic heterocycles. The van der Waals surface area contributed by atoms with Crippen molar-refractivity contribution < 1.29 is 23.1 Å². The smallest absolute Gasteiger partial charge is 0.356 e. The molecule has 9 heteroatoms. The Labute approximate surface area is 152 Å². The van der Waals surface area contributed by atoms with Crippen molar-refractivity contribution in [2.45, 2.75) is 46.2 Å². The molecule has 2 atom stereocenters. The van der Waals surface area contributed by atoms with Crippen LogP contribution in [0.1, 0.15) is 49.3 Å². The molecule has 3 aliphatic rings. The van der Waals surface area contributed by atoms with Gasteiger partial charge in [-0.1, -0.05) is 13.8 Å². The number of ketones is 1. The van der Waals surface area contributed by atoms with Crippen molar-refractivity contribution in [3.8, 4) is 0 Å². The van der Waals surface area contributed by atoms with Crippen LogP contribution in [0.4, 0.5) is 0 Å². The number of aromatic carboxylic acids is 1. The molecule has 8 nitrogen and oxygen atoms in total. The monoisotopic (exact) mass is 381 g/mol. The molecular formula is C17H23N3O5S. The number of rotatable bonds is 4. The molecule has 0 aromatic carbocycles. The van der Waals surface area contributed by atoms with Crippen LogP contribution in [0.15, 0.2) is 6.07 Å². The molecule has 1 aromatic rings. The molecule has 0 spiro atoms. The van der Waals surface area contributed by atoms with E-state index in [0.717, 1.165) is 6.42 Å². The van der Waals surface area contributed by atoms with Crippen molar-refractivity contribution in [1.82, 2.24) is 14.1 Å². The van der Waals surface area contributed by atoms with Gasteiger partial charge < -0.3 is 5.11 Å². The maximum Gasteiger partial charge on any atom is 0.356 e. The summed E-state index contributed by atoms with van der Waals surface area (Å²) >= 11 is 0. The highest BCUT2D eigenvalue weighted by atomic mass is 32.2. The second-order valence-corrected chi connectivity index (χ2v) is 10.3. The van der Waals surface area contributed by atoms with Gasteiger partial charge in [0, 0.05) is 18.4 Å². The first kappa shape index (κ1) is 17.7. The first-order valence-corrected chi connectivity index (χ1v) is 10.5. The van der Waals surface area contributed by atoms with Gasteiger partial charge in [-0.3, -0.25) is 9.48 Å². The Kier molecular flexibility index (Phi) is 3.66. The third-order valence-corrected chi connectivity index (χ3v) is 8.90. The molecule has 0 saturated heterocycles. The maximum absolute atomic E-state index is 13.1. The SMILES string of the molecule is CC1(C)[C@@H]2CC[C@@]1(CS(=O)(=O)N1CCn3nc(C(=O)O)cc3C1)C(=O)C2. The number of carboxylic acid groups (broad SMARTS) is 1. The molecule has 1 N–H and O–H groups in total. The molecule has 1 aliphatic heterocycles. The summed E-state index contributed by atoms with van der Waals surface area (Å²) in [6.07, 6.45) is 2.03. The summed E-state index contributed by atoms with van der Waals surface area (Å²) in [6.45, 7) is 4.70. The summed E-state index contributed by atoms with van der Waals surface area (Å²) in [7, 11) is -3.64. The fourth-order valence-corrected chi connectivity index (χ4v) is 7.27. The van der Waals surface area contributed by atoms with E-state index in [0.29, 0.717) is 25.1 Å². The van der Waals surface area contributed by atoms with E-state index in [2.05, 4.69) is 5.10 Å². The van der Waals surface area contributed by atoms with Crippen molar-refractivity contribution in [2.24, 2.45) is 16.7 Å². The molecule has 2 saturated carbocycles. The molecule has 0 amide bonds. The highest BCUT2D eigenvalue weighted by Crippen LogP contribution is 2.64. The lowest BCUT2D eigenvalue weighted by Gasteiger charge is -2.38. The fourth-order valence-electron chi connectivity index (χ4n) is 5.10. The van der Waals surface area contributed by atoms with Crippen LogP contribution in [-0.2, 0) is 27.9 Å². The maximum atomic E-state index is 13.1. The highest BCUT2D eigenvalue weighted by Gasteiger charge is 2.65. The van der Waals surface area contributed by atoms with Crippen molar-refractivity contribution >= 4 is 21.8 Å². The standard InChI is InChI=1S/C17H23N3O5S/c1-16(2)11-3-4-17(16,14(21)7-11)10-26(24,25)19-5-6-20-12(9-19)8-13(18-20)15(22)23/h8,11H,3-7,9-10H2,1-2H3,(H,22,23)/t11-,17-/m1/s1. The van der Waals surface area contributed by atoms with E-state index in [1.807, 2.05) is 13.8 Å². The number of sulfonamides is 1. The Balaban J connectivity index is 1.60. The second kappa shape index (κ2) is 5.39. The van der Waals surface area contributed by atoms with Gasteiger partial charge in [0.2, 0.25) is 10.0 Å². The topological polar surface area (TPSA) is 110 Å². The van der Waals surface area contributed by atoms with Crippen molar-refractivity contribution in [1.29, 1.82) is 0 Å². The van der Waals surface area contributed by atoms with Gasteiger partial charge in [-0.25, -0.2) is 13.2 Å². The Hall–Kier alpha value is -1.74. The minimum Gasteiger partial charge on any atom is -0.476 e. The third-order valence-electron chi connectivity index (χ3n) is 6.94. The van der Waals surface area contributed by atoms with Gasteiger partial charge >= 0.3 is 5.97 Å². The van der Waals surface area contributed by atoms with E-state index >= 15 is 0 Å². The lowest BCUT2D eigenvalue weighted by Crippen LogP contribution is -2.48. The number of Topliss-reactive ketones (excluding diaryl/α,β-unsaturated/α-hetero) is 1. The summed E-state index contributed by atoms with van der Waals surface area (Å²) in [6, 6.07) is 1.42. The van der Waals surface area contributed by atoms with E-state index < -0.39 is 21.4 Å². The van der Waals surface area contributed by atoms with E-state index in [1.165, 1.54) is 10.4 Å². The third kappa shape index (κ3) is 2.29. The summed E-state index contributed by atoms with van der Waals surface area (Å²) in [5, 5.41) is 13.0. The predicted octanol–water partition coefficient (Wildman–Crippen LogP) is 1.12. The van der Waals surface area contributed by atoms with Crippen LogP contribution >= 0.6 is 0 Å². The summed E-state index contributed by atoms with van der Waals surface area (Å²) in [5.41, 5.74) is -0.606. The average Bonchev–Trinajstić information content (AvgIpc) is 3.13. The molecule has 2 fully saturated rings. The highest BCUT2D eigenvalue weighted by molar-refractivity contribution is 7.89. The average molecular weight is 381 g/mol. The Morgan fingerprint density at radius 2 is 2.12 bits per heavy atom. The van der Waals surface area contributed by atoms with E-state index in [9.17, 15) is 18.0 Å². The number of fused-ring (bicyclic) bond motifs is 3. The van der Waals surface area contributed by atoms with Crippen molar-refractivity contribution in [3.05, 3.63) is 17.5 Å². The van der Waals surface area contributed by atoms with E-state index in [1.54, 1.807) is 4.68 Å². The number of nitrogens with zero attached hydrogens (tertiary/aromatic N) is 3. The molecule has 2 bridgehead atoms. The second-order valence-electron chi connectivity index (χ2n) is 8.31. The van der Waals surface area contributed by atoms with Gasteiger partial charge in [-0.15, -0.1) is 0 Å². The number of carbonyl (C=O) groups excluding carboxylic acids is 1. The van der Waals surface area contributed by atoms with Gasteiger partial charge in [-0.2, -0.15) is 9.40 Å². The van der Waals surface area contributed by atoms with Crippen LogP contribution in [0.5, 0.6) is 0 Å². The molecule has 26 heavy (non-hydrogen) atoms. The number of carbonyl (C=O) groups is 2. The molecule has 2 aliphatic carbocycles. The molecule has 142 valence electrons. The normalized spacial score (nSPS) is 30.5. The lowest BCUT2D eigenvalue weighted by atomic mass is 9.70. The first-order chi connectivity index (χ1) is 12.1. The van der Waals surface area contributed by atoms with Crippen LogP contribution < -0.4 is 0 Å². The van der Waals surface area contributed by atoms with E-state index in [-0.39, 0.29) is 41.7 Å². The van der Waals surface area contributed by atoms with Gasteiger partial charge in [0.05, 0.1) is 24.5 Å². The zero-order valence-electron chi connectivity index (χ0n) is 14.9. The number of hydrogen-bond acceptors (Lipinski definition) is 5. The lowest BCUT2D eigenvalue weighted by molar-refractivity contribution is -0.128. The zero-order chi connectivity index (χ0) is 18.9. The molecule has 4 rings (SSSR count). The van der Waals surface area contributed by atoms with E-state index in [4.69, 9.17) is 5.11 Å². The van der Waals surface area contributed by atoms with Crippen LogP contribution in [0.2, 0.25) is 0 Å². The quantitative estimate of drug-likeness (QED) is 0.837. The molecule has 0 unspecified atom stereocenters. The van der Waals surface area contributed by atoms with Crippen molar-refractivity contribution in [3.63, 3.8) is 0 Å². The minimum atomic E-state index is -3.64. The Morgan fingerprint density at radius 3 is 2.69 bits per heavy atom. The predicted molar refractivity (Wildman–Crippen MR) is 91.9 cm³/mol. The fraction of sp³-hybridized carbons (Fsp3) is 0.706. The van der Waals surface area contributed by atoms with Gasteiger partial charge in [0.25, 0.3) is 0 Å². The Bertz CT molecular complexity index is 903. The molecular weight excluding hydrogens is 358 g/mol. The number of hydrogen-bond donors (Lipinski definition) is 1. The summed E-state index contributed by atoms with van der Waals surface area (Å²) in [4.78, 5) is 23.7. The van der Waals surface area contributed by atoms with Crippen LogP contribution in [0.3, 0.4) is 0 Å². The summed E-state index contributed by atoms with van der Waals surface area (Å²) < 4.78 is 29.2. The van der Waals surface area contributed by atoms with Gasteiger partial charge in [-0.05, 0) is 30.2 Å². The van der Waals surface area contributed by atoms with Crippen LogP contribution in [0.25, 0.3) is 0 Å². The van der Waals surface area contributed by atoms with Crippen LogP contribution in [0, 0.1) is 16.7 Å². The summed E-state index contributed by atoms with van der Waals surface area (Å²) in [5.74, 6) is -0.929. The Morgan fingerprint density at radius 1 is 1.38 bits per heavy atom. The first-order valence-electron chi connectivity index (χ1n) is 8.88. The minimum absolute atomic E-state index is 0.0800. The number of aromatic nitrogens is 2. The number of carboxylic acids is 1. The van der Waals surface area contributed by atoms with Gasteiger partial charge in [0.15, 0.2) is 5.69 Å². The van der Waals surface area contributed by atoms with Gasteiger partial charge in [0.1, 0.15) is 5.78 Å². The molecule has 0 radical (unpaired) electrons. The molecule has 2 heterocycles. The largest absolute Gasteiger partial charge is 0.476 e. The van der Waals surface area contributed by atoms with Crippen molar-refractivity contribution in [2.75, 3.05) is 12.3 Å². The van der Waals surface area contributed by atoms with Crippen LogP contribution in [-0.4, -0.2) is 51.7 Å².